The fourth-order valence-electron chi connectivity index (χ4n) is 8.08. The number of hydrogen-bond donors (Lipinski definition) is 1. The van der Waals surface area contributed by atoms with E-state index in [0.717, 1.165) is 48.3 Å². The normalized spacial score (nSPS) is 40.0. The van der Waals surface area contributed by atoms with Crippen molar-refractivity contribution in [3.05, 3.63) is 11.1 Å². The first kappa shape index (κ1) is 24.3. The summed E-state index contributed by atoms with van der Waals surface area (Å²) in [5.41, 5.74) is 4.51. The van der Waals surface area contributed by atoms with Gasteiger partial charge in [0.2, 0.25) is 0 Å². The third-order valence-electron chi connectivity index (χ3n) is 10.9. The van der Waals surface area contributed by atoms with Gasteiger partial charge in [0.25, 0.3) is 0 Å². The molecule has 1 nitrogen and oxygen atoms in total. The Labute approximate surface area is 188 Å². The SMILES string of the molecule is CCC(C(C)CCC(C)C(C)C)C1(C)CCC2=C(CCC3CC(O)CCC23C)C1C. The van der Waals surface area contributed by atoms with Crippen molar-refractivity contribution in [1.82, 2.24) is 0 Å². The van der Waals surface area contributed by atoms with E-state index in [1.165, 1.54) is 51.4 Å². The van der Waals surface area contributed by atoms with E-state index in [9.17, 15) is 5.11 Å². The molecule has 1 fully saturated rings. The summed E-state index contributed by atoms with van der Waals surface area (Å²) in [6, 6.07) is 0. The van der Waals surface area contributed by atoms with Gasteiger partial charge in [-0.2, -0.15) is 0 Å². The average Bonchev–Trinajstić information content (AvgIpc) is 2.69. The van der Waals surface area contributed by atoms with Gasteiger partial charge in [-0.1, -0.05) is 85.8 Å². The predicted octanol–water partition coefficient (Wildman–Crippen LogP) is 8.41. The van der Waals surface area contributed by atoms with Crippen molar-refractivity contribution in [3.63, 3.8) is 0 Å². The maximum atomic E-state index is 10.3. The Balaban J connectivity index is 1.80. The summed E-state index contributed by atoms with van der Waals surface area (Å²) in [4.78, 5) is 0. The maximum Gasteiger partial charge on any atom is 0.0543 e. The van der Waals surface area contributed by atoms with Gasteiger partial charge in [0.05, 0.1) is 6.10 Å². The quantitative estimate of drug-likeness (QED) is 0.413. The smallest absolute Gasteiger partial charge is 0.0543 e. The molecule has 30 heavy (non-hydrogen) atoms. The van der Waals surface area contributed by atoms with Crippen LogP contribution in [-0.2, 0) is 0 Å². The van der Waals surface area contributed by atoms with Crippen LogP contribution in [-0.4, -0.2) is 11.2 Å². The molecule has 0 spiro atoms. The molecule has 1 saturated carbocycles. The molecule has 3 rings (SSSR count). The Bertz CT molecular complexity index is 618. The van der Waals surface area contributed by atoms with Crippen LogP contribution in [0.5, 0.6) is 0 Å². The molecule has 8 atom stereocenters. The van der Waals surface area contributed by atoms with Crippen molar-refractivity contribution in [3.8, 4) is 0 Å². The van der Waals surface area contributed by atoms with Gasteiger partial charge in [-0.15, -0.1) is 0 Å². The van der Waals surface area contributed by atoms with Crippen LogP contribution in [0.2, 0.25) is 0 Å². The molecule has 0 radical (unpaired) electrons. The van der Waals surface area contributed by atoms with E-state index < -0.39 is 0 Å². The molecular formula is C29H52O. The third kappa shape index (κ3) is 4.31. The van der Waals surface area contributed by atoms with Gasteiger partial charge < -0.3 is 5.11 Å². The number of hydrogen-bond acceptors (Lipinski definition) is 1. The van der Waals surface area contributed by atoms with Crippen molar-refractivity contribution >= 4 is 0 Å². The van der Waals surface area contributed by atoms with E-state index in [-0.39, 0.29) is 6.10 Å². The average molecular weight is 417 g/mol. The molecule has 0 aromatic rings. The lowest BCUT2D eigenvalue weighted by Crippen LogP contribution is -2.47. The Morgan fingerprint density at radius 3 is 2.27 bits per heavy atom. The summed E-state index contributed by atoms with van der Waals surface area (Å²) in [7, 11) is 0. The topological polar surface area (TPSA) is 20.2 Å². The Kier molecular flexibility index (Phi) is 7.53. The molecule has 0 saturated heterocycles. The lowest BCUT2D eigenvalue weighted by molar-refractivity contribution is 0.00236. The highest BCUT2D eigenvalue weighted by Crippen LogP contribution is 2.62. The van der Waals surface area contributed by atoms with E-state index in [0.29, 0.717) is 10.8 Å². The highest BCUT2D eigenvalue weighted by Gasteiger charge is 2.51. The lowest BCUT2D eigenvalue weighted by atomic mass is 9.48. The molecule has 1 heteroatoms. The van der Waals surface area contributed by atoms with Gasteiger partial charge in [-0.3, -0.25) is 0 Å². The summed E-state index contributed by atoms with van der Waals surface area (Å²) in [6.45, 7) is 20.0. The van der Waals surface area contributed by atoms with Crippen LogP contribution in [0.4, 0.5) is 0 Å². The van der Waals surface area contributed by atoms with Gasteiger partial charge >= 0.3 is 0 Å². The standard InChI is InChI=1S/C29H52O/c1-9-26(21(5)11-10-20(4)19(2)3)28(7)17-15-27-25(22(28)6)13-12-23-18-24(30)14-16-29(23,27)8/h19-24,26,30H,9-18H2,1-8H3. The molecule has 0 aromatic carbocycles. The van der Waals surface area contributed by atoms with Crippen LogP contribution >= 0.6 is 0 Å². The van der Waals surface area contributed by atoms with Gasteiger partial charge in [-0.05, 0) is 91.3 Å². The number of rotatable bonds is 7. The molecule has 3 aliphatic rings. The predicted molar refractivity (Wildman–Crippen MR) is 130 cm³/mol. The van der Waals surface area contributed by atoms with Crippen molar-refractivity contribution in [2.24, 2.45) is 46.3 Å². The minimum Gasteiger partial charge on any atom is -0.393 e. The molecule has 8 unspecified atom stereocenters. The maximum absolute atomic E-state index is 10.3. The van der Waals surface area contributed by atoms with E-state index in [1.807, 2.05) is 11.1 Å². The van der Waals surface area contributed by atoms with Crippen molar-refractivity contribution in [2.75, 3.05) is 0 Å². The second-order valence-electron chi connectivity index (χ2n) is 12.6. The summed E-state index contributed by atoms with van der Waals surface area (Å²) in [6.07, 6.45) is 12.6. The first-order valence-corrected chi connectivity index (χ1v) is 13.4. The molecule has 174 valence electrons. The molecule has 0 aliphatic heterocycles. The van der Waals surface area contributed by atoms with Crippen LogP contribution in [0.3, 0.4) is 0 Å². The van der Waals surface area contributed by atoms with E-state index in [2.05, 4.69) is 55.4 Å². The zero-order valence-corrected chi connectivity index (χ0v) is 21.6. The zero-order chi connectivity index (χ0) is 22.3. The molecule has 3 aliphatic carbocycles. The lowest BCUT2D eigenvalue weighted by Gasteiger charge is -2.56. The molecule has 0 aromatic heterocycles. The monoisotopic (exact) mass is 416 g/mol. The fraction of sp³-hybridized carbons (Fsp3) is 0.931. The fourth-order valence-corrected chi connectivity index (χ4v) is 8.08. The second-order valence-corrected chi connectivity index (χ2v) is 12.6. The van der Waals surface area contributed by atoms with Crippen LogP contribution in [0, 0.1) is 46.3 Å². The Morgan fingerprint density at radius 1 is 0.967 bits per heavy atom. The Hall–Kier alpha value is -0.300. The van der Waals surface area contributed by atoms with Crippen molar-refractivity contribution < 1.29 is 5.11 Å². The summed E-state index contributed by atoms with van der Waals surface area (Å²) < 4.78 is 0. The molecular weight excluding hydrogens is 364 g/mol. The highest BCUT2D eigenvalue weighted by atomic mass is 16.3. The van der Waals surface area contributed by atoms with Gasteiger partial charge in [0.15, 0.2) is 0 Å². The first-order valence-electron chi connectivity index (χ1n) is 13.4. The minimum absolute atomic E-state index is 0.0462. The first-order chi connectivity index (χ1) is 14.0. The minimum atomic E-state index is -0.0462. The number of aliphatic hydroxyl groups is 1. The van der Waals surface area contributed by atoms with Crippen LogP contribution in [0.15, 0.2) is 11.1 Å². The van der Waals surface area contributed by atoms with Crippen molar-refractivity contribution in [1.29, 1.82) is 0 Å². The second kappa shape index (κ2) is 9.29. The number of fused-ring (bicyclic) bond motifs is 2. The van der Waals surface area contributed by atoms with Crippen LogP contribution in [0.25, 0.3) is 0 Å². The van der Waals surface area contributed by atoms with E-state index >= 15 is 0 Å². The number of aliphatic hydroxyl groups excluding tert-OH is 1. The molecule has 1 N–H and O–H groups in total. The number of allylic oxidation sites excluding steroid dienone is 2. The highest BCUT2D eigenvalue weighted by molar-refractivity contribution is 5.33. The Morgan fingerprint density at radius 2 is 1.63 bits per heavy atom. The summed E-state index contributed by atoms with van der Waals surface area (Å²) >= 11 is 0. The van der Waals surface area contributed by atoms with Gasteiger partial charge in [0.1, 0.15) is 0 Å². The van der Waals surface area contributed by atoms with E-state index in [4.69, 9.17) is 0 Å². The van der Waals surface area contributed by atoms with Crippen molar-refractivity contribution in [2.45, 2.75) is 126 Å². The third-order valence-corrected chi connectivity index (χ3v) is 10.9. The largest absolute Gasteiger partial charge is 0.393 e. The summed E-state index contributed by atoms with van der Waals surface area (Å²) in [5.74, 6) is 4.74. The van der Waals surface area contributed by atoms with E-state index in [1.54, 1.807) is 0 Å². The van der Waals surface area contributed by atoms with Crippen LogP contribution < -0.4 is 0 Å². The van der Waals surface area contributed by atoms with Gasteiger partial charge in [-0.25, -0.2) is 0 Å². The zero-order valence-electron chi connectivity index (χ0n) is 21.6. The van der Waals surface area contributed by atoms with Gasteiger partial charge in [0, 0.05) is 0 Å². The molecule has 0 bridgehead atoms. The summed E-state index contributed by atoms with van der Waals surface area (Å²) in [5, 5.41) is 10.3. The van der Waals surface area contributed by atoms with Crippen LogP contribution in [0.1, 0.15) is 120 Å². The molecule has 0 heterocycles. The molecule has 0 amide bonds.